The van der Waals surface area contributed by atoms with Crippen LogP contribution < -0.4 is 10.5 Å². The van der Waals surface area contributed by atoms with Crippen LogP contribution in [0, 0.1) is 35.8 Å². The van der Waals surface area contributed by atoms with Crippen molar-refractivity contribution < 1.29 is 17.2 Å². The minimum atomic E-state index is -4.25. The van der Waals surface area contributed by atoms with Crippen LogP contribution in [0.25, 0.3) is 0 Å². The molecule has 0 aliphatic carbocycles. The summed E-state index contributed by atoms with van der Waals surface area (Å²) < 4.78 is 56.7. The fourth-order valence-electron chi connectivity index (χ4n) is 2.71. The van der Waals surface area contributed by atoms with Crippen LogP contribution in [0.1, 0.15) is 22.3 Å². The van der Waals surface area contributed by atoms with E-state index in [1.165, 1.54) is 18.3 Å². The van der Waals surface area contributed by atoms with Gasteiger partial charge in [-0.25, -0.2) is 22.2 Å². The van der Waals surface area contributed by atoms with Crippen LogP contribution in [0.5, 0.6) is 0 Å². The first kappa shape index (κ1) is 22.2. The Labute approximate surface area is 182 Å². The molecule has 0 aliphatic rings. The number of sulfonamides is 1. The first-order valence-corrected chi connectivity index (χ1v) is 10.5. The minimum Gasteiger partial charge on any atom is -0.383 e. The molecule has 10 heteroatoms. The van der Waals surface area contributed by atoms with Gasteiger partial charge in [0.05, 0.1) is 16.3 Å². The molecule has 0 spiro atoms. The Morgan fingerprint density at radius 2 is 1.97 bits per heavy atom. The summed E-state index contributed by atoms with van der Waals surface area (Å²) in [7, 11) is -4.25. The summed E-state index contributed by atoms with van der Waals surface area (Å²) in [6.45, 7) is 1.54. The molecule has 6 nitrogen and oxygen atoms in total. The lowest BCUT2D eigenvalue weighted by Crippen LogP contribution is -2.16. The molecule has 0 bridgehead atoms. The number of benzene rings is 2. The Balaban J connectivity index is 2.02. The molecule has 0 amide bonds. The van der Waals surface area contributed by atoms with E-state index in [0.717, 1.165) is 18.3 Å². The van der Waals surface area contributed by atoms with Crippen LogP contribution in [0.2, 0.25) is 5.02 Å². The standard InChI is InChI=1S/C21H15ClF2N4O2S/c1-12-3-2-4-16(22)20(12)31(29,30)28-18-8-7-17(23)15(19(18)24)6-5-13-9-14(10-25)21(26)27-11-13/h2-4,7-11,25,28H,1H3,(H2,26,27). The Hall–Kier alpha value is -3.48. The molecule has 1 aromatic heterocycles. The molecule has 0 unspecified atom stereocenters. The predicted octanol–water partition coefficient (Wildman–Crippen LogP) is 4.10. The number of aromatic nitrogens is 1. The Bertz CT molecular complexity index is 1350. The molecule has 4 N–H and O–H groups in total. The highest BCUT2D eigenvalue weighted by Crippen LogP contribution is 2.29. The van der Waals surface area contributed by atoms with E-state index in [4.69, 9.17) is 22.7 Å². The molecule has 3 rings (SSSR count). The normalized spacial score (nSPS) is 10.8. The van der Waals surface area contributed by atoms with Crippen LogP contribution in [0.15, 0.2) is 47.5 Å². The SMILES string of the molecule is Cc1cccc(Cl)c1S(=O)(=O)Nc1ccc(F)c(C#Cc2cnc(N)c(C=N)c2)c1F. The maximum Gasteiger partial charge on any atom is 0.263 e. The number of rotatable bonds is 4. The monoisotopic (exact) mass is 460 g/mol. The van der Waals surface area contributed by atoms with Gasteiger partial charge in [-0.15, -0.1) is 0 Å². The Morgan fingerprint density at radius 1 is 1.23 bits per heavy atom. The third-order valence-electron chi connectivity index (χ3n) is 4.20. The quantitative estimate of drug-likeness (QED) is 0.402. The number of nitrogens with zero attached hydrogens (tertiary/aromatic N) is 1. The zero-order chi connectivity index (χ0) is 22.8. The lowest BCUT2D eigenvalue weighted by atomic mass is 10.1. The van der Waals surface area contributed by atoms with Crippen molar-refractivity contribution in [3.05, 3.63) is 81.5 Å². The molecule has 158 valence electrons. The number of hydrogen-bond acceptors (Lipinski definition) is 5. The molecule has 0 radical (unpaired) electrons. The maximum atomic E-state index is 14.9. The van der Waals surface area contributed by atoms with Crippen molar-refractivity contribution in [2.24, 2.45) is 0 Å². The van der Waals surface area contributed by atoms with Gasteiger partial charge in [-0.05, 0) is 36.8 Å². The Kier molecular flexibility index (Phi) is 6.24. The lowest BCUT2D eigenvalue weighted by molar-refractivity contribution is 0.577. The smallest absolute Gasteiger partial charge is 0.263 e. The average Bonchev–Trinajstić information content (AvgIpc) is 2.70. The van der Waals surface area contributed by atoms with E-state index >= 15 is 0 Å². The fourth-order valence-corrected chi connectivity index (χ4v) is 4.60. The highest BCUT2D eigenvalue weighted by atomic mass is 35.5. The van der Waals surface area contributed by atoms with Gasteiger partial charge in [-0.3, -0.25) is 4.72 Å². The number of nitrogens with one attached hydrogen (secondary N) is 2. The predicted molar refractivity (Wildman–Crippen MR) is 116 cm³/mol. The number of nitrogens with two attached hydrogens (primary N) is 1. The van der Waals surface area contributed by atoms with Crippen molar-refractivity contribution in [3.63, 3.8) is 0 Å². The van der Waals surface area contributed by atoms with Gasteiger partial charge in [0.15, 0.2) is 5.82 Å². The minimum absolute atomic E-state index is 0.0344. The second-order valence-corrected chi connectivity index (χ2v) is 8.39. The first-order valence-electron chi connectivity index (χ1n) is 8.68. The van der Waals surface area contributed by atoms with Gasteiger partial charge in [-0.1, -0.05) is 35.6 Å². The molecule has 0 aliphatic heterocycles. The highest BCUT2D eigenvalue weighted by molar-refractivity contribution is 7.92. The van der Waals surface area contributed by atoms with Gasteiger partial charge in [0.2, 0.25) is 0 Å². The molecule has 0 fully saturated rings. The molecule has 3 aromatic rings. The van der Waals surface area contributed by atoms with Crippen molar-refractivity contribution in [2.75, 3.05) is 10.5 Å². The summed E-state index contributed by atoms with van der Waals surface area (Å²) in [4.78, 5) is 3.65. The maximum absolute atomic E-state index is 14.9. The van der Waals surface area contributed by atoms with E-state index in [1.54, 1.807) is 19.1 Å². The molecule has 31 heavy (non-hydrogen) atoms. The van der Waals surface area contributed by atoms with E-state index in [2.05, 4.69) is 21.5 Å². The van der Waals surface area contributed by atoms with Gasteiger partial charge >= 0.3 is 0 Å². The van der Waals surface area contributed by atoms with Crippen molar-refractivity contribution in [2.45, 2.75) is 11.8 Å². The largest absolute Gasteiger partial charge is 0.383 e. The van der Waals surface area contributed by atoms with Crippen molar-refractivity contribution in [3.8, 4) is 11.8 Å². The van der Waals surface area contributed by atoms with Crippen LogP contribution in [0.3, 0.4) is 0 Å². The van der Waals surface area contributed by atoms with Gasteiger partial charge in [0, 0.05) is 23.5 Å². The van der Waals surface area contributed by atoms with E-state index in [-0.39, 0.29) is 21.3 Å². The molecule has 0 saturated heterocycles. The number of nitrogen functional groups attached to an aromatic ring is 1. The zero-order valence-corrected chi connectivity index (χ0v) is 17.6. The van der Waals surface area contributed by atoms with Gasteiger partial charge in [0.1, 0.15) is 16.5 Å². The van der Waals surface area contributed by atoms with Gasteiger partial charge in [0.25, 0.3) is 10.0 Å². The van der Waals surface area contributed by atoms with Crippen LogP contribution in [-0.4, -0.2) is 19.6 Å². The summed E-state index contributed by atoms with van der Waals surface area (Å²) in [6.07, 6.45) is 2.26. The summed E-state index contributed by atoms with van der Waals surface area (Å²) in [5.74, 6) is 2.83. The molecule has 2 aromatic carbocycles. The second-order valence-electron chi connectivity index (χ2n) is 6.37. The van der Waals surface area contributed by atoms with E-state index in [9.17, 15) is 17.2 Å². The number of hydrogen-bond donors (Lipinski definition) is 3. The fraction of sp³-hybridized carbons (Fsp3) is 0.0476. The Morgan fingerprint density at radius 3 is 2.65 bits per heavy atom. The number of pyridine rings is 1. The number of halogens is 3. The van der Waals surface area contributed by atoms with E-state index in [1.807, 2.05) is 0 Å². The third kappa shape index (κ3) is 4.66. The number of anilines is 2. The average molecular weight is 461 g/mol. The summed E-state index contributed by atoms with van der Waals surface area (Å²) in [5, 5.41) is 7.24. The summed E-state index contributed by atoms with van der Waals surface area (Å²) in [5.41, 5.74) is 5.40. The summed E-state index contributed by atoms with van der Waals surface area (Å²) >= 11 is 6.00. The molecular formula is C21H15ClF2N4O2S. The van der Waals surface area contributed by atoms with E-state index in [0.29, 0.717) is 11.1 Å². The van der Waals surface area contributed by atoms with Gasteiger partial charge in [-0.2, -0.15) is 0 Å². The lowest BCUT2D eigenvalue weighted by Gasteiger charge is -2.13. The van der Waals surface area contributed by atoms with Crippen molar-refractivity contribution in [1.29, 1.82) is 5.41 Å². The highest BCUT2D eigenvalue weighted by Gasteiger charge is 2.23. The molecule has 0 atom stereocenters. The van der Waals surface area contributed by atoms with Gasteiger partial charge < -0.3 is 11.1 Å². The van der Waals surface area contributed by atoms with Crippen molar-refractivity contribution in [1.82, 2.24) is 4.98 Å². The molecule has 1 heterocycles. The first-order chi connectivity index (χ1) is 14.6. The van der Waals surface area contributed by atoms with Crippen LogP contribution in [0.4, 0.5) is 20.3 Å². The topological polar surface area (TPSA) is 109 Å². The molecule has 0 saturated carbocycles. The van der Waals surface area contributed by atoms with Crippen LogP contribution in [-0.2, 0) is 10.0 Å². The van der Waals surface area contributed by atoms with Crippen LogP contribution >= 0.6 is 11.6 Å². The van der Waals surface area contributed by atoms with Crippen molar-refractivity contribution >= 4 is 39.3 Å². The van der Waals surface area contributed by atoms with E-state index < -0.39 is 32.9 Å². The molecular weight excluding hydrogens is 446 g/mol. The number of aryl methyl sites for hydroxylation is 1. The summed E-state index contributed by atoms with van der Waals surface area (Å²) in [6, 6.07) is 7.81. The second kappa shape index (κ2) is 8.71. The third-order valence-corrected chi connectivity index (χ3v) is 6.20. The zero-order valence-electron chi connectivity index (χ0n) is 16.0.